The number of hydrogen-bond donors (Lipinski definition) is 1. The van der Waals surface area contributed by atoms with Gasteiger partial charge in [0.25, 0.3) is 0 Å². The van der Waals surface area contributed by atoms with Gasteiger partial charge in [0, 0.05) is 12.0 Å². The molecule has 0 aromatic carbocycles. The summed E-state index contributed by atoms with van der Waals surface area (Å²) >= 11 is 0. The average molecular weight is 255 g/mol. The van der Waals surface area contributed by atoms with E-state index in [1.807, 2.05) is 20.8 Å². The predicted molar refractivity (Wildman–Crippen MR) is 79.5 cm³/mol. The van der Waals surface area contributed by atoms with E-state index in [0.717, 1.165) is 13.0 Å². The first kappa shape index (κ1) is 17.5. The lowest BCUT2D eigenvalue weighted by Crippen LogP contribution is -2.39. The summed E-state index contributed by atoms with van der Waals surface area (Å²) in [7, 11) is 0. The molecule has 0 spiro atoms. The van der Waals surface area contributed by atoms with Gasteiger partial charge in [-0.1, -0.05) is 62.3 Å². The molecule has 1 amide bonds. The quantitative estimate of drug-likeness (QED) is 0.799. The van der Waals surface area contributed by atoms with Crippen LogP contribution in [0.25, 0.3) is 0 Å². The Balaban J connectivity index is 4.30. The number of amides is 1. The molecule has 2 heteroatoms. The van der Waals surface area contributed by atoms with E-state index in [0.29, 0.717) is 5.92 Å². The Morgan fingerprint density at radius 2 is 1.44 bits per heavy atom. The molecule has 0 aliphatic heterocycles. The molecule has 0 heterocycles. The zero-order valence-electron chi connectivity index (χ0n) is 13.9. The van der Waals surface area contributed by atoms with Gasteiger partial charge in [0.2, 0.25) is 5.91 Å². The standard InChI is InChI=1S/C16H33NO/c1-12(10-16(8,9)15(5,6)7)11-17-13(18)14(2,3)4/h12H,10-11H2,1-9H3,(H,17,18). The Morgan fingerprint density at radius 1 is 1.00 bits per heavy atom. The normalized spacial score (nSPS) is 15.4. The average Bonchev–Trinajstić information content (AvgIpc) is 2.09. The van der Waals surface area contributed by atoms with Crippen molar-refractivity contribution >= 4 is 5.91 Å². The van der Waals surface area contributed by atoms with Crippen molar-refractivity contribution in [1.82, 2.24) is 5.32 Å². The Bertz CT molecular complexity index is 278. The van der Waals surface area contributed by atoms with E-state index < -0.39 is 0 Å². The summed E-state index contributed by atoms with van der Waals surface area (Å²) in [5, 5.41) is 3.06. The van der Waals surface area contributed by atoms with E-state index in [9.17, 15) is 4.79 Å². The van der Waals surface area contributed by atoms with E-state index in [1.165, 1.54) is 0 Å². The van der Waals surface area contributed by atoms with Crippen LogP contribution in [0.15, 0.2) is 0 Å². The molecule has 18 heavy (non-hydrogen) atoms. The van der Waals surface area contributed by atoms with Crippen LogP contribution in [-0.4, -0.2) is 12.5 Å². The highest BCUT2D eigenvalue weighted by atomic mass is 16.2. The van der Waals surface area contributed by atoms with Gasteiger partial charge in [-0.15, -0.1) is 0 Å². The van der Waals surface area contributed by atoms with E-state index in [2.05, 4.69) is 46.9 Å². The number of carbonyl (C=O) groups is 1. The van der Waals surface area contributed by atoms with Gasteiger partial charge in [-0.2, -0.15) is 0 Å². The van der Waals surface area contributed by atoms with Crippen molar-refractivity contribution in [3.63, 3.8) is 0 Å². The van der Waals surface area contributed by atoms with Crippen LogP contribution in [0.3, 0.4) is 0 Å². The topological polar surface area (TPSA) is 29.1 Å². The maximum Gasteiger partial charge on any atom is 0.225 e. The molecule has 0 aliphatic carbocycles. The number of rotatable bonds is 4. The highest BCUT2D eigenvalue weighted by molar-refractivity contribution is 5.81. The van der Waals surface area contributed by atoms with Crippen LogP contribution in [0.2, 0.25) is 0 Å². The zero-order valence-corrected chi connectivity index (χ0v) is 13.9. The number of hydrogen-bond acceptors (Lipinski definition) is 1. The number of nitrogens with one attached hydrogen (secondary N) is 1. The van der Waals surface area contributed by atoms with Crippen molar-refractivity contribution in [2.24, 2.45) is 22.2 Å². The summed E-state index contributed by atoms with van der Waals surface area (Å²) in [6, 6.07) is 0. The molecule has 1 atom stereocenters. The molecule has 0 fully saturated rings. The van der Waals surface area contributed by atoms with Gasteiger partial charge in [-0.25, -0.2) is 0 Å². The SMILES string of the molecule is CC(CNC(=O)C(C)(C)C)CC(C)(C)C(C)(C)C. The second kappa shape index (κ2) is 5.63. The Morgan fingerprint density at radius 3 is 1.78 bits per heavy atom. The van der Waals surface area contributed by atoms with Crippen molar-refractivity contribution in [3.8, 4) is 0 Å². The Labute approximate surface area is 114 Å². The summed E-state index contributed by atoms with van der Waals surface area (Å²) < 4.78 is 0. The molecule has 0 aromatic rings. The van der Waals surface area contributed by atoms with Gasteiger partial charge in [0.05, 0.1) is 0 Å². The first-order chi connectivity index (χ1) is 7.77. The molecular formula is C16H33NO. The lowest BCUT2D eigenvalue weighted by molar-refractivity contribution is -0.128. The number of carbonyl (C=O) groups excluding carboxylic acids is 1. The first-order valence-electron chi connectivity index (χ1n) is 7.06. The summed E-state index contributed by atoms with van der Waals surface area (Å²) in [6.45, 7) is 20.3. The minimum atomic E-state index is -0.292. The van der Waals surface area contributed by atoms with Crippen molar-refractivity contribution in [2.45, 2.75) is 68.7 Å². The van der Waals surface area contributed by atoms with Crippen molar-refractivity contribution in [3.05, 3.63) is 0 Å². The lowest BCUT2D eigenvalue weighted by Gasteiger charge is -2.41. The molecule has 0 saturated carbocycles. The van der Waals surface area contributed by atoms with E-state index in [4.69, 9.17) is 0 Å². The molecule has 0 rings (SSSR count). The van der Waals surface area contributed by atoms with Crippen LogP contribution >= 0.6 is 0 Å². The molecule has 0 aliphatic rings. The van der Waals surface area contributed by atoms with Crippen LogP contribution in [0, 0.1) is 22.2 Å². The minimum Gasteiger partial charge on any atom is -0.355 e. The van der Waals surface area contributed by atoms with Crippen molar-refractivity contribution < 1.29 is 4.79 Å². The highest BCUT2D eigenvalue weighted by Gasteiger charge is 2.34. The van der Waals surface area contributed by atoms with Crippen molar-refractivity contribution in [2.75, 3.05) is 6.54 Å². The van der Waals surface area contributed by atoms with Gasteiger partial charge in [-0.05, 0) is 23.2 Å². The van der Waals surface area contributed by atoms with E-state index in [-0.39, 0.29) is 22.2 Å². The molecule has 0 radical (unpaired) electrons. The van der Waals surface area contributed by atoms with Gasteiger partial charge in [-0.3, -0.25) is 4.79 Å². The Hall–Kier alpha value is -0.530. The van der Waals surface area contributed by atoms with Crippen LogP contribution < -0.4 is 5.32 Å². The first-order valence-corrected chi connectivity index (χ1v) is 7.06. The third-order valence-electron chi connectivity index (χ3n) is 4.18. The largest absolute Gasteiger partial charge is 0.355 e. The monoisotopic (exact) mass is 255 g/mol. The van der Waals surface area contributed by atoms with Gasteiger partial charge >= 0.3 is 0 Å². The Kier molecular flexibility index (Phi) is 5.46. The summed E-state index contributed by atoms with van der Waals surface area (Å²) in [4.78, 5) is 11.8. The van der Waals surface area contributed by atoms with Crippen molar-refractivity contribution in [1.29, 1.82) is 0 Å². The van der Waals surface area contributed by atoms with Gasteiger partial charge < -0.3 is 5.32 Å². The molecular weight excluding hydrogens is 222 g/mol. The second-order valence-electron chi connectivity index (χ2n) is 8.40. The summed E-state index contributed by atoms with van der Waals surface area (Å²) in [6.07, 6.45) is 1.13. The van der Waals surface area contributed by atoms with Crippen LogP contribution in [0.1, 0.15) is 68.7 Å². The molecule has 0 saturated heterocycles. The highest BCUT2D eigenvalue weighted by Crippen LogP contribution is 2.42. The zero-order chi connectivity index (χ0) is 14.8. The van der Waals surface area contributed by atoms with Crippen LogP contribution in [0.4, 0.5) is 0 Å². The minimum absolute atomic E-state index is 0.142. The molecule has 0 bridgehead atoms. The third-order valence-corrected chi connectivity index (χ3v) is 4.18. The molecule has 1 unspecified atom stereocenters. The van der Waals surface area contributed by atoms with Gasteiger partial charge in [0.1, 0.15) is 0 Å². The van der Waals surface area contributed by atoms with Crippen LogP contribution in [0.5, 0.6) is 0 Å². The van der Waals surface area contributed by atoms with E-state index >= 15 is 0 Å². The van der Waals surface area contributed by atoms with Crippen LogP contribution in [-0.2, 0) is 4.79 Å². The van der Waals surface area contributed by atoms with E-state index in [1.54, 1.807) is 0 Å². The fourth-order valence-electron chi connectivity index (χ4n) is 1.78. The maximum atomic E-state index is 11.8. The summed E-state index contributed by atoms with van der Waals surface area (Å²) in [5.41, 5.74) is 0.271. The fraction of sp³-hybridized carbons (Fsp3) is 0.938. The molecule has 0 aromatic heterocycles. The lowest BCUT2D eigenvalue weighted by atomic mass is 9.65. The maximum absolute atomic E-state index is 11.8. The second-order valence-corrected chi connectivity index (χ2v) is 8.40. The predicted octanol–water partition coefficient (Wildman–Crippen LogP) is 4.25. The molecule has 2 nitrogen and oxygen atoms in total. The smallest absolute Gasteiger partial charge is 0.225 e. The molecule has 1 N–H and O–H groups in total. The third kappa shape index (κ3) is 5.41. The molecule has 108 valence electrons. The van der Waals surface area contributed by atoms with Gasteiger partial charge in [0.15, 0.2) is 0 Å². The summed E-state index contributed by atoms with van der Waals surface area (Å²) in [5.74, 6) is 0.647. The fourth-order valence-corrected chi connectivity index (χ4v) is 1.78.